The van der Waals surface area contributed by atoms with Crippen LogP contribution in [0.4, 0.5) is 17.6 Å². The van der Waals surface area contributed by atoms with Gasteiger partial charge >= 0.3 is 6.18 Å². The van der Waals surface area contributed by atoms with Crippen LogP contribution in [0.15, 0.2) is 78.9 Å². The number of halogens is 4. The molecule has 29 heavy (non-hydrogen) atoms. The van der Waals surface area contributed by atoms with Gasteiger partial charge in [-0.3, -0.25) is 4.90 Å². The quantitative estimate of drug-likeness (QED) is 0.383. The van der Waals surface area contributed by atoms with Crippen LogP contribution in [0, 0.1) is 17.7 Å². The Bertz CT molecular complexity index is 966. The summed E-state index contributed by atoms with van der Waals surface area (Å²) >= 11 is 0. The standard InChI is InChI=1S/C24H19F4N/c25-23-14-10-21(11-15-23)18-29(16-4-7-19-5-2-1-3-6-19)17-20-8-12-22(13-9-20)24(26,27)28/h1-3,5-6,8-15H,16-18H2. The van der Waals surface area contributed by atoms with Gasteiger partial charge < -0.3 is 0 Å². The normalized spacial score (nSPS) is 11.2. The molecule has 5 heteroatoms. The zero-order valence-corrected chi connectivity index (χ0v) is 15.6. The Kier molecular flexibility index (Phi) is 6.69. The summed E-state index contributed by atoms with van der Waals surface area (Å²) in [6, 6.07) is 20.8. The summed E-state index contributed by atoms with van der Waals surface area (Å²) in [6.45, 7) is 1.36. The molecule has 0 N–H and O–H groups in total. The van der Waals surface area contributed by atoms with E-state index in [0.29, 0.717) is 19.6 Å². The van der Waals surface area contributed by atoms with Gasteiger partial charge in [0.05, 0.1) is 12.1 Å². The molecule has 0 spiro atoms. The smallest absolute Gasteiger partial charge is 0.284 e. The highest BCUT2D eigenvalue weighted by Crippen LogP contribution is 2.29. The number of hydrogen-bond donors (Lipinski definition) is 0. The number of nitrogens with zero attached hydrogens (tertiary/aromatic N) is 1. The molecule has 0 bridgehead atoms. The zero-order valence-electron chi connectivity index (χ0n) is 15.6. The minimum absolute atomic E-state index is 0.313. The van der Waals surface area contributed by atoms with Crippen LogP contribution in [0.25, 0.3) is 0 Å². The lowest BCUT2D eigenvalue weighted by Crippen LogP contribution is -2.23. The van der Waals surface area contributed by atoms with Gasteiger partial charge in [0.2, 0.25) is 0 Å². The Morgan fingerprint density at radius 3 is 1.83 bits per heavy atom. The van der Waals surface area contributed by atoms with Crippen molar-refractivity contribution in [1.29, 1.82) is 0 Å². The van der Waals surface area contributed by atoms with E-state index in [-0.39, 0.29) is 5.82 Å². The lowest BCUT2D eigenvalue weighted by Gasteiger charge is -2.20. The summed E-state index contributed by atoms with van der Waals surface area (Å²) < 4.78 is 51.5. The summed E-state index contributed by atoms with van der Waals surface area (Å²) in [4.78, 5) is 2.01. The third-order valence-electron chi connectivity index (χ3n) is 4.32. The van der Waals surface area contributed by atoms with Crippen LogP contribution in [0.5, 0.6) is 0 Å². The highest BCUT2D eigenvalue weighted by atomic mass is 19.4. The van der Waals surface area contributed by atoms with Crippen LogP contribution in [0.3, 0.4) is 0 Å². The van der Waals surface area contributed by atoms with E-state index in [1.807, 2.05) is 35.2 Å². The molecule has 0 aliphatic carbocycles. The minimum Gasteiger partial charge on any atom is -0.284 e. The average molecular weight is 397 g/mol. The molecule has 0 aliphatic heterocycles. The van der Waals surface area contributed by atoms with Crippen molar-refractivity contribution in [3.63, 3.8) is 0 Å². The van der Waals surface area contributed by atoms with Crippen molar-refractivity contribution < 1.29 is 17.6 Å². The molecule has 0 aliphatic rings. The van der Waals surface area contributed by atoms with Crippen LogP contribution in [0.1, 0.15) is 22.3 Å². The molecule has 0 aromatic heterocycles. The summed E-state index contributed by atoms with van der Waals surface area (Å²) in [7, 11) is 0. The second kappa shape index (κ2) is 9.40. The van der Waals surface area contributed by atoms with Gasteiger partial charge in [0.15, 0.2) is 0 Å². The molecule has 0 saturated carbocycles. The lowest BCUT2D eigenvalue weighted by atomic mass is 10.1. The fourth-order valence-electron chi connectivity index (χ4n) is 2.85. The average Bonchev–Trinajstić information content (AvgIpc) is 2.70. The van der Waals surface area contributed by atoms with Gasteiger partial charge in [0.1, 0.15) is 5.82 Å². The van der Waals surface area contributed by atoms with E-state index in [2.05, 4.69) is 11.8 Å². The number of alkyl halides is 3. The maximum atomic E-state index is 13.2. The Morgan fingerprint density at radius 2 is 1.28 bits per heavy atom. The largest absolute Gasteiger partial charge is 0.416 e. The van der Waals surface area contributed by atoms with Gasteiger partial charge in [-0.05, 0) is 47.5 Å². The SMILES string of the molecule is Fc1ccc(CN(CC#Cc2ccccc2)Cc2ccc(C(F)(F)F)cc2)cc1. The van der Waals surface area contributed by atoms with Crippen molar-refractivity contribution in [3.05, 3.63) is 107 Å². The fourth-order valence-corrected chi connectivity index (χ4v) is 2.85. The molecule has 0 saturated heterocycles. The number of benzene rings is 3. The minimum atomic E-state index is -4.35. The van der Waals surface area contributed by atoms with Crippen LogP contribution in [-0.2, 0) is 19.3 Å². The first kappa shape index (κ1) is 20.6. The third-order valence-corrected chi connectivity index (χ3v) is 4.32. The van der Waals surface area contributed by atoms with Crippen molar-refractivity contribution >= 4 is 0 Å². The van der Waals surface area contributed by atoms with E-state index in [4.69, 9.17) is 0 Å². The van der Waals surface area contributed by atoms with Crippen LogP contribution in [0.2, 0.25) is 0 Å². The van der Waals surface area contributed by atoms with Crippen LogP contribution < -0.4 is 0 Å². The van der Waals surface area contributed by atoms with Crippen LogP contribution >= 0.6 is 0 Å². The Labute approximate surface area is 167 Å². The monoisotopic (exact) mass is 397 g/mol. The molecular formula is C24H19F4N. The topological polar surface area (TPSA) is 3.24 Å². The second-order valence-corrected chi connectivity index (χ2v) is 6.63. The summed E-state index contributed by atoms with van der Waals surface area (Å²) in [5, 5.41) is 0. The molecule has 0 heterocycles. The molecule has 1 nitrogen and oxygen atoms in total. The highest BCUT2D eigenvalue weighted by molar-refractivity contribution is 5.34. The predicted octanol–water partition coefficient (Wildman–Crippen LogP) is 5.90. The van der Waals surface area contributed by atoms with E-state index in [0.717, 1.165) is 28.8 Å². The molecule has 3 aromatic rings. The van der Waals surface area contributed by atoms with Crippen molar-refractivity contribution in [3.8, 4) is 11.8 Å². The van der Waals surface area contributed by atoms with E-state index >= 15 is 0 Å². The molecule has 0 amide bonds. The number of hydrogen-bond acceptors (Lipinski definition) is 1. The van der Waals surface area contributed by atoms with E-state index < -0.39 is 11.7 Å². The first-order valence-corrected chi connectivity index (χ1v) is 9.07. The van der Waals surface area contributed by atoms with Crippen molar-refractivity contribution in [2.24, 2.45) is 0 Å². The van der Waals surface area contributed by atoms with E-state index in [1.165, 1.54) is 24.3 Å². The zero-order chi connectivity index (χ0) is 20.7. The van der Waals surface area contributed by atoms with Gasteiger partial charge in [0.25, 0.3) is 0 Å². The molecule has 3 rings (SSSR count). The van der Waals surface area contributed by atoms with Crippen molar-refractivity contribution in [2.45, 2.75) is 19.3 Å². The van der Waals surface area contributed by atoms with Gasteiger partial charge in [-0.25, -0.2) is 4.39 Å². The van der Waals surface area contributed by atoms with E-state index in [9.17, 15) is 17.6 Å². The van der Waals surface area contributed by atoms with Gasteiger partial charge in [-0.1, -0.05) is 54.3 Å². The fraction of sp³-hybridized carbons (Fsp3) is 0.167. The summed E-state index contributed by atoms with van der Waals surface area (Å²) in [6.07, 6.45) is -4.35. The maximum absolute atomic E-state index is 13.2. The maximum Gasteiger partial charge on any atom is 0.416 e. The first-order chi connectivity index (χ1) is 13.9. The molecule has 148 valence electrons. The molecule has 0 radical (unpaired) electrons. The van der Waals surface area contributed by atoms with Gasteiger partial charge in [0, 0.05) is 18.7 Å². The molecule has 0 unspecified atom stereocenters. The Morgan fingerprint density at radius 1 is 0.724 bits per heavy atom. The molecule has 3 aromatic carbocycles. The molecular weight excluding hydrogens is 378 g/mol. The molecule has 0 fully saturated rings. The summed E-state index contributed by atoms with van der Waals surface area (Å²) in [5.74, 6) is 5.88. The third kappa shape index (κ3) is 6.48. The van der Waals surface area contributed by atoms with Crippen molar-refractivity contribution in [2.75, 3.05) is 6.54 Å². The second-order valence-electron chi connectivity index (χ2n) is 6.63. The van der Waals surface area contributed by atoms with Crippen molar-refractivity contribution in [1.82, 2.24) is 4.90 Å². The predicted molar refractivity (Wildman–Crippen MR) is 105 cm³/mol. The number of rotatable bonds is 5. The first-order valence-electron chi connectivity index (χ1n) is 9.07. The molecule has 0 atom stereocenters. The van der Waals surface area contributed by atoms with Gasteiger partial charge in [-0.2, -0.15) is 13.2 Å². The van der Waals surface area contributed by atoms with E-state index in [1.54, 1.807) is 12.1 Å². The van der Waals surface area contributed by atoms with Crippen LogP contribution in [-0.4, -0.2) is 11.4 Å². The Balaban J connectivity index is 1.74. The highest BCUT2D eigenvalue weighted by Gasteiger charge is 2.29. The lowest BCUT2D eigenvalue weighted by molar-refractivity contribution is -0.137. The Hall–Kier alpha value is -3.10. The summed E-state index contributed by atoms with van der Waals surface area (Å²) in [5.41, 5.74) is 1.88. The van der Waals surface area contributed by atoms with Gasteiger partial charge in [-0.15, -0.1) is 0 Å².